The first-order valence-electron chi connectivity index (χ1n) is 10.7. The molecule has 1 atom stereocenters. The van der Waals surface area contributed by atoms with Gasteiger partial charge in [-0.05, 0) is 32.9 Å². The number of likely N-dealkylation sites (tertiary alicyclic amines) is 1. The number of nitrogens with zero attached hydrogens (tertiary/aromatic N) is 2. The van der Waals surface area contributed by atoms with Crippen LogP contribution in [0.5, 0.6) is 5.75 Å². The number of ether oxygens (including phenoxy) is 5. The first kappa shape index (κ1) is 25.3. The summed E-state index contributed by atoms with van der Waals surface area (Å²) in [6, 6.07) is 4.20. The van der Waals surface area contributed by atoms with Gasteiger partial charge in [0.25, 0.3) is 0 Å². The molecule has 1 aromatic rings. The molecule has 34 heavy (non-hydrogen) atoms. The van der Waals surface area contributed by atoms with Crippen LogP contribution in [0.1, 0.15) is 27.2 Å². The molecule has 0 N–H and O–H groups in total. The fourth-order valence-electron chi connectivity index (χ4n) is 3.67. The van der Waals surface area contributed by atoms with Gasteiger partial charge >= 0.3 is 18.0 Å². The van der Waals surface area contributed by atoms with Gasteiger partial charge in [-0.3, -0.25) is 0 Å². The maximum absolute atomic E-state index is 15.1. The molecule has 10 nitrogen and oxygen atoms in total. The highest BCUT2D eigenvalue weighted by molar-refractivity contribution is 6.03. The van der Waals surface area contributed by atoms with Crippen molar-refractivity contribution in [3.63, 3.8) is 0 Å². The van der Waals surface area contributed by atoms with Crippen LogP contribution >= 0.6 is 0 Å². The molecule has 1 amide bonds. The van der Waals surface area contributed by atoms with Crippen LogP contribution in [0.15, 0.2) is 29.5 Å². The van der Waals surface area contributed by atoms with Gasteiger partial charge in [-0.15, -0.1) is 0 Å². The summed E-state index contributed by atoms with van der Waals surface area (Å²) in [6.07, 6.45) is -0.399. The van der Waals surface area contributed by atoms with E-state index in [1.807, 2.05) is 0 Å². The molecular weight excluding hydrogens is 451 g/mol. The SMILES string of the molecule is COC(=O)C1=C(C(=O)OC)N(c2c(F)cccc2OC2CCN(C(=O)OC(C)(C)C)C2)COC1. The Bertz CT molecular complexity index is 988. The minimum Gasteiger partial charge on any atom is -0.486 e. The van der Waals surface area contributed by atoms with Crippen LogP contribution in [-0.2, 0) is 28.5 Å². The standard InChI is InChI=1S/C23H29FN2O8/c1-23(2,3)34-22(29)25-10-9-14(11-25)33-17-8-6-7-16(24)19(17)26-13-32-12-15(20(27)30-4)18(26)21(28)31-5/h6-8,14H,9-13H2,1-5H3. The third-order valence-electron chi connectivity index (χ3n) is 5.14. The number of benzene rings is 1. The molecular formula is C23H29FN2O8. The van der Waals surface area contributed by atoms with Crippen molar-refractivity contribution in [2.75, 3.05) is 45.5 Å². The molecule has 0 radical (unpaired) electrons. The zero-order valence-corrected chi connectivity index (χ0v) is 19.9. The van der Waals surface area contributed by atoms with Crippen molar-refractivity contribution in [2.24, 2.45) is 0 Å². The van der Waals surface area contributed by atoms with Gasteiger partial charge in [-0.2, -0.15) is 0 Å². The summed E-state index contributed by atoms with van der Waals surface area (Å²) < 4.78 is 41.6. The molecule has 0 spiro atoms. The average Bonchev–Trinajstić information content (AvgIpc) is 3.25. The summed E-state index contributed by atoms with van der Waals surface area (Å²) in [5, 5.41) is 0. The van der Waals surface area contributed by atoms with Gasteiger partial charge in [0, 0.05) is 13.0 Å². The van der Waals surface area contributed by atoms with E-state index in [1.165, 1.54) is 28.0 Å². The maximum atomic E-state index is 15.1. The van der Waals surface area contributed by atoms with Crippen LogP contribution in [0.25, 0.3) is 0 Å². The average molecular weight is 480 g/mol. The molecule has 11 heteroatoms. The lowest BCUT2D eigenvalue weighted by molar-refractivity contribution is -0.140. The number of anilines is 1. The van der Waals surface area contributed by atoms with Crippen molar-refractivity contribution in [3.05, 3.63) is 35.3 Å². The summed E-state index contributed by atoms with van der Waals surface area (Å²) in [4.78, 5) is 39.9. The number of esters is 2. The van der Waals surface area contributed by atoms with Crippen LogP contribution in [0.2, 0.25) is 0 Å². The number of rotatable bonds is 5. The number of carbonyl (C=O) groups is 3. The summed E-state index contributed by atoms with van der Waals surface area (Å²) in [5.41, 5.74) is -1.03. The molecule has 1 unspecified atom stereocenters. The highest BCUT2D eigenvalue weighted by atomic mass is 19.1. The minimum absolute atomic E-state index is 0.0975. The van der Waals surface area contributed by atoms with Crippen molar-refractivity contribution >= 4 is 23.7 Å². The molecule has 186 valence electrons. The van der Waals surface area contributed by atoms with Gasteiger partial charge in [0.1, 0.15) is 35.6 Å². The number of para-hydroxylation sites is 1. The first-order chi connectivity index (χ1) is 16.1. The second-order valence-electron chi connectivity index (χ2n) is 8.76. The van der Waals surface area contributed by atoms with Crippen LogP contribution in [0, 0.1) is 5.82 Å². The molecule has 0 aromatic heterocycles. The van der Waals surface area contributed by atoms with E-state index in [4.69, 9.17) is 23.7 Å². The summed E-state index contributed by atoms with van der Waals surface area (Å²) in [7, 11) is 2.32. The quantitative estimate of drug-likeness (QED) is 0.465. The van der Waals surface area contributed by atoms with Gasteiger partial charge in [-0.1, -0.05) is 6.07 Å². The van der Waals surface area contributed by atoms with E-state index in [9.17, 15) is 14.4 Å². The third kappa shape index (κ3) is 5.58. The van der Waals surface area contributed by atoms with Crippen LogP contribution in [0.4, 0.5) is 14.9 Å². The van der Waals surface area contributed by atoms with E-state index in [2.05, 4.69) is 0 Å². The molecule has 2 aliphatic heterocycles. The Balaban J connectivity index is 1.90. The second-order valence-corrected chi connectivity index (χ2v) is 8.76. The van der Waals surface area contributed by atoms with E-state index >= 15 is 4.39 Å². The Hall–Kier alpha value is -3.34. The molecule has 2 heterocycles. The van der Waals surface area contributed by atoms with Crippen molar-refractivity contribution in [1.29, 1.82) is 0 Å². The lowest BCUT2D eigenvalue weighted by Crippen LogP contribution is -2.39. The molecule has 3 rings (SSSR count). The van der Waals surface area contributed by atoms with Crippen LogP contribution in [-0.4, -0.2) is 75.3 Å². The van der Waals surface area contributed by atoms with Crippen molar-refractivity contribution in [2.45, 2.75) is 38.9 Å². The maximum Gasteiger partial charge on any atom is 0.410 e. The fourth-order valence-corrected chi connectivity index (χ4v) is 3.67. The van der Waals surface area contributed by atoms with E-state index < -0.39 is 35.6 Å². The summed E-state index contributed by atoms with van der Waals surface area (Å²) in [6.45, 7) is 5.57. The smallest absolute Gasteiger partial charge is 0.410 e. The molecule has 0 aliphatic carbocycles. The first-order valence-corrected chi connectivity index (χ1v) is 10.7. The Morgan fingerprint density at radius 2 is 1.82 bits per heavy atom. The third-order valence-corrected chi connectivity index (χ3v) is 5.14. The number of amides is 1. The van der Waals surface area contributed by atoms with Gasteiger partial charge < -0.3 is 33.5 Å². The van der Waals surface area contributed by atoms with Gasteiger partial charge in [0.15, 0.2) is 5.82 Å². The Morgan fingerprint density at radius 1 is 1.12 bits per heavy atom. The van der Waals surface area contributed by atoms with Crippen LogP contribution in [0.3, 0.4) is 0 Å². The highest BCUT2D eigenvalue weighted by Crippen LogP contribution is 2.37. The molecule has 0 saturated carbocycles. The lowest BCUT2D eigenvalue weighted by atomic mass is 10.1. The van der Waals surface area contributed by atoms with Crippen molar-refractivity contribution < 1.29 is 42.5 Å². The minimum atomic E-state index is -0.852. The molecule has 2 aliphatic rings. The summed E-state index contributed by atoms with van der Waals surface area (Å²) >= 11 is 0. The number of halogens is 1. The normalized spacial score (nSPS) is 18.6. The van der Waals surface area contributed by atoms with E-state index in [-0.39, 0.29) is 42.6 Å². The topological polar surface area (TPSA) is 104 Å². The molecule has 1 saturated heterocycles. The van der Waals surface area contributed by atoms with Gasteiger partial charge in [-0.25, -0.2) is 18.8 Å². The lowest BCUT2D eigenvalue weighted by Gasteiger charge is -2.33. The van der Waals surface area contributed by atoms with E-state index in [0.717, 1.165) is 14.2 Å². The molecule has 1 fully saturated rings. The fraction of sp³-hybridized carbons (Fsp3) is 0.522. The largest absolute Gasteiger partial charge is 0.486 e. The van der Waals surface area contributed by atoms with Gasteiger partial charge in [0.05, 0.1) is 32.9 Å². The van der Waals surface area contributed by atoms with E-state index in [0.29, 0.717) is 13.0 Å². The Labute approximate surface area is 197 Å². The zero-order valence-electron chi connectivity index (χ0n) is 19.9. The monoisotopic (exact) mass is 480 g/mol. The number of carbonyl (C=O) groups excluding carboxylic acids is 3. The summed E-state index contributed by atoms with van der Waals surface area (Å²) in [5.74, 6) is -2.23. The predicted molar refractivity (Wildman–Crippen MR) is 118 cm³/mol. The molecule has 0 bridgehead atoms. The zero-order chi connectivity index (χ0) is 25.0. The van der Waals surface area contributed by atoms with Crippen LogP contribution < -0.4 is 9.64 Å². The molecule has 1 aromatic carbocycles. The number of hydrogen-bond acceptors (Lipinski definition) is 9. The van der Waals surface area contributed by atoms with E-state index in [1.54, 1.807) is 20.8 Å². The number of hydrogen-bond donors (Lipinski definition) is 0. The predicted octanol–water partition coefficient (Wildman–Crippen LogP) is 2.61. The highest BCUT2D eigenvalue weighted by Gasteiger charge is 2.36. The van der Waals surface area contributed by atoms with Crippen molar-refractivity contribution in [3.8, 4) is 5.75 Å². The number of methoxy groups -OCH3 is 2. The Kier molecular flexibility index (Phi) is 7.65. The van der Waals surface area contributed by atoms with Gasteiger partial charge in [0.2, 0.25) is 0 Å². The Morgan fingerprint density at radius 3 is 2.47 bits per heavy atom. The second kappa shape index (κ2) is 10.3. The van der Waals surface area contributed by atoms with Crippen molar-refractivity contribution in [1.82, 2.24) is 4.90 Å².